The summed E-state index contributed by atoms with van der Waals surface area (Å²) in [6.45, 7) is -9.81. The molecule has 734 valence electrons. The van der Waals surface area contributed by atoms with Gasteiger partial charge in [0, 0.05) is 26.2 Å². The molecule has 7 fully saturated rings. The van der Waals surface area contributed by atoms with E-state index in [1.54, 1.807) is 19.0 Å². The fraction of sp³-hybridized carbons (Fsp3) is 0.941. The van der Waals surface area contributed by atoms with E-state index in [1.165, 1.54) is 11.9 Å². The number of rotatable bonds is 46. The van der Waals surface area contributed by atoms with Crippen molar-refractivity contribution in [2.24, 2.45) is 0 Å². The van der Waals surface area contributed by atoms with Crippen molar-refractivity contribution in [3.8, 4) is 0 Å². The monoisotopic (exact) mass is 1840 g/mol. The van der Waals surface area contributed by atoms with Crippen LogP contribution in [0.25, 0.3) is 0 Å². The zero-order chi connectivity index (χ0) is 94.1. The standard InChI is InChI=1S/C28H49N3O20.C23H43NO18.C17H35N3O12/c1-29-9-31-10(24(31)45)2-14(35)30-28(6-46-25-21(42)18(39)15(36)11(3-32)49-25,7-47-26-22(43)19(40)16(37)12(4-33)50-26)8-48-27-23(44)20(41)17(38)13(5-34)51-27;1-24-23(5-37-20-17(34)14(31)11(28)8(2-25)40-20,6-38-21-18(35)15(32)12(29)9(3-26)41-21)7-39-22-19(36)16(33)13(30)10(4-27)42-22;1-20(4-2-18-16(31)14(29)12(27)10(25)8(23)6-21)5-3-19-17(32)15(30)13(28)11(26)9(24)7-22/h10-13,15-23,25-27,29,32-34,36-44H,2-9H2,1H3,(H,30,35);8-22,24-36H,2-7H2,1H3;8-15,21-30H,2-7H2,1H3,(H,18,31)(H,19,32). The summed E-state index contributed by atoms with van der Waals surface area (Å²) < 4.78 is 66.4. The number of nitrogens with one attached hydrogen (secondary N) is 5. The maximum atomic E-state index is 13.5. The van der Waals surface area contributed by atoms with Crippen LogP contribution in [0.1, 0.15) is 6.42 Å². The fourth-order valence-corrected chi connectivity index (χ4v) is 13.0. The highest BCUT2D eigenvalue weighted by Gasteiger charge is 2.55. The van der Waals surface area contributed by atoms with Crippen LogP contribution in [-0.4, -0.2) is 604 Å². The van der Waals surface area contributed by atoms with Gasteiger partial charge in [0.25, 0.3) is 11.8 Å². The number of likely N-dealkylation sites (N-methyl/N-ethyl adjacent to an activating group) is 2. The van der Waals surface area contributed by atoms with Crippen LogP contribution in [-0.2, 0) is 76.0 Å². The van der Waals surface area contributed by atoms with Gasteiger partial charge in [-0.2, -0.15) is 0 Å². The molecule has 7 aliphatic heterocycles. The number of ether oxygens (including phenoxy) is 12. The van der Waals surface area contributed by atoms with E-state index in [0.29, 0.717) is 0 Å². The second kappa shape index (κ2) is 52.4. The Morgan fingerprint density at radius 2 is 0.616 bits per heavy atom. The van der Waals surface area contributed by atoms with Crippen LogP contribution in [0.4, 0.5) is 0 Å². The van der Waals surface area contributed by atoms with Crippen molar-refractivity contribution < 1.29 is 250 Å². The SMILES string of the molecule is CN(CCNC(=O)C(O)C(O)C(O)C(O)CO)CCNC(=O)C(O)C(O)C(O)C(O)CO.CNC(COC1OC(CO)C(O)C(O)C1O)(COC1OC(CO)C(O)C(O)C1O)COC1OC(CO)C(O)C(O)C1O.CNCN1C(=O)C1CC(=O)NC(COC1OC(CO)C(O)C(O)C1O)(COC1OC(CO)C(O)C(O)C1O)COC1OC(CO)C(O)C(O)C1O. The fourth-order valence-electron chi connectivity index (χ4n) is 13.0. The Balaban J connectivity index is 0.000000343. The molecule has 7 aliphatic rings. The van der Waals surface area contributed by atoms with Gasteiger partial charge in [-0.3, -0.25) is 19.2 Å². The van der Waals surface area contributed by atoms with E-state index in [-0.39, 0.29) is 38.8 Å². The highest BCUT2D eigenvalue weighted by molar-refractivity contribution is 6.00. The molecule has 0 radical (unpaired) electrons. The van der Waals surface area contributed by atoms with Crippen molar-refractivity contribution in [2.75, 3.05) is 146 Å². The van der Waals surface area contributed by atoms with Gasteiger partial charge in [-0.15, -0.1) is 0 Å². The minimum atomic E-state index is -2.07. The molecule has 0 aliphatic carbocycles. The topological polar surface area (TPSA) is 933 Å². The van der Waals surface area contributed by atoms with Crippen LogP contribution in [0, 0.1) is 0 Å². The third kappa shape index (κ3) is 29.7. The smallest absolute Gasteiger partial charge is 0.251 e. The van der Waals surface area contributed by atoms with Gasteiger partial charge < -0.3 is 267 Å². The van der Waals surface area contributed by atoms with Crippen LogP contribution < -0.4 is 26.6 Å². The Morgan fingerprint density at radius 1 is 0.376 bits per heavy atom. The van der Waals surface area contributed by atoms with E-state index in [2.05, 4.69) is 26.6 Å². The van der Waals surface area contributed by atoms with Crippen LogP contribution in [0.15, 0.2) is 0 Å². The maximum absolute atomic E-state index is 13.5. The van der Waals surface area contributed by atoms with E-state index in [1.807, 2.05) is 0 Å². The van der Waals surface area contributed by atoms with E-state index in [4.69, 9.17) is 67.1 Å². The third-order valence-electron chi connectivity index (χ3n) is 21.4. The minimum absolute atomic E-state index is 0.00170. The van der Waals surface area contributed by atoms with Crippen LogP contribution >= 0.6 is 0 Å². The van der Waals surface area contributed by atoms with Crippen LogP contribution in [0.3, 0.4) is 0 Å². The molecule has 7 saturated heterocycles. The van der Waals surface area contributed by atoms with Gasteiger partial charge in [-0.1, -0.05) is 0 Å². The Hall–Kier alpha value is -4.08. The van der Waals surface area contributed by atoms with Crippen LogP contribution in [0.5, 0.6) is 0 Å². The molecule has 4 amide bonds. The highest BCUT2D eigenvalue weighted by atomic mass is 16.8. The lowest BCUT2D eigenvalue weighted by Crippen LogP contribution is -2.65. The lowest BCUT2D eigenvalue weighted by molar-refractivity contribution is -0.324. The van der Waals surface area contributed by atoms with Gasteiger partial charge in [0.2, 0.25) is 11.8 Å². The summed E-state index contributed by atoms with van der Waals surface area (Å²) in [7, 11) is 4.60. The summed E-state index contributed by atoms with van der Waals surface area (Å²) in [5.74, 6) is -3.25. The number of nitrogens with zero attached hydrogens (tertiary/aromatic N) is 2. The zero-order valence-electron chi connectivity index (χ0n) is 67.8. The number of hydrogen-bond donors (Lipinski definition) is 39. The molecule has 39 unspecified atom stereocenters. The molecule has 0 bridgehead atoms. The predicted octanol–water partition coefficient (Wildman–Crippen LogP) is -26.5. The molecular formula is C68H127N7O50. The van der Waals surface area contributed by atoms with E-state index in [9.17, 15) is 183 Å². The van der Waals surface area contributed by atoms with Crippen molar-refractivity contribution in [3.63, 3.8) is 0 Å². The van der Waals surface area contributed by atoms with Crippen LogP contribution in [0.2, 0.25) is 0 Å². The first-order valence-electron chi connectivity index (χ1n) is 39.2. The number of aliphatic hydroxyl groups is 34. The average molecular weight is 1840 g/mol. The Kier molecular flexibility index (Phi) is 46.7. The minimum Gasteiger partial charge on any atom is -0.394 e. The lowest BCUT2D eigenvalue weighted by Gasteiger charge is -2.44. The van der Waals surface area contributed by atoms with E-state index in [0.717, 1.165) is 0 Å². The number of carbonyl (C=O) groups is 4. The normalized spacial score (nSPS) is 38.0. The first kappa shape index (κ1) is 111. The van der Waals surface area contributed by atoms with Gasteiger partial charge in [0.05, 0.1) is 111 Å². The van der Waals surface area contributed by atoms with Crippen molar-refractivity contribution in [1.82, 2.24) is 36.4 Å². The number of carbonyl (C=O) groups excluding carboxylic acids is 4. The number of aliphatic hydroxyl groups excluding tert-OH is 34. The van der Waals surface area contributed by atoms with E-state index < -0.39 is 367 Å². The maximum Gasteiger partial charge on any atom is 0.251 e. The Morgan fingerprint density at radius 3 is 0.832 bits per heavy atom. The molecule has 39 N–H and O–H groups in total. The van der Waals surface area contributed by atoms with Gasteiger partial charge in [0.1, 0.15) is 195 Å². The van der Waals surface area contributed by atoms with Crippen molar-refractivity contribution >= 4 is 23.6 Å². The first-order valence-corrected chi connectivity index (χ1v) is 39.2. The third-order valence-corrected chi connectivity index (χ3v) is 21.4. The highest BCUT2D eigenvalue weighted by Crippen LogP contribution is 2.33. The van der Waals surface area contributed by atoms with Gasteiger partial charge in [-0.25, -0.2) is 0 Å². The first-order chi connectivity index (χ1) is 58.8. The molecule has 0 saturated carbocycles. The summed E-state index contributed by atoms with van der Waals surface area (Å²) in [6, 6.07) is -0.848. The molecule has 57 heteroatoms. The number of amides is 4. The molecule has 0 aromatic carbocycles. The van der Waals surface area contributed by atoms with E-state index >= 15 is 0 Å². The second-order valence-corrected chi connectivity index (χ2v) is 30.7. The zero-order valence-corrected chi connectivity index (χ0v) is 67.8. The van der Waals surface area contributed by atoms with Gasteiger partial charge in [0.15, 0.2) is 49.9 Å². The molecule has 0 aromatic rings. The molecule has 125 heavy (non-hydrogen) atoms. The molecule has 7 heterocycles. The van der Waals surface area contributed by atoms with Crippen molar-refractivity contribution in [1.29, 1.82) is 0 Å². The molecule has 0 spiro atoms. The second-order valence-electron chi connectivity index (χ2n) is 30.7. The molecule has 57 nitrogen and oxygen atoms in total. The van der Waals surface area contributed by atoms with Crippen molar-refractivity contribution in [3.05, 3.63) is 0 Å². The number of hydrogen-bond acceptors (Lipinski definition) is 53. The Bertz CT molecular complexity index is 2870. The molecule has 7 rings (SSSR count). The quantitative estimate of drug-likeness (QED) is 0.0252. The largest absolute Gasteiger partial charge is 0.394 e. The van der Waals surface area contributed by atoms with Gasteiger partial charge in [-0.05, 0) is 21.1 Å². The summed E-state index contributed by atoms with van der Waals surface area (Å²) in [6.07, 6.45) is -66.3. The molecule has 0 aromatic heterocycles. The predicted molar refractivity (Wildman–Crippen MR) is 396 cm³/mol. The summed E-state index contributed by atoms with van der Waals surface area (Å²) in [5, 5.41) is 348. The summed E-state index contributed by atoms with van der Waals surface area (Å²) in [5.41, 5.74) is -3.62. The van der Waals surface area contributed by atoms with Crippen molar-refractivity contribution in [2.45, 2.75) is 257 Å². The van der Waals surface area contributed by atoms with Gasteiger partial charge >= 0.3 is 0 Å². The summed E-state index contributed by atoms with van der Waals surface area (Å²) in [4.78, 5) is 52.3. The Labute approximate surface area is 710 Å². The lowest BCUT2D eigenvalue weighted by atomic mass is 9.97. The average Bonchev–Trinajstić information content (AvgIpc) is 1.69. The molecular weight excluding hydrogens is 1710 g/mol. The molecule has 39 atom stereocenters. The summed E-state index contributed by atoms with van der Waals surface area (Å²) >= 11 is 0.